The van der Waals surface area contributed by atoms with Crippen LogP contribution in [0.2, 0.25) is 0 Å². The molecule has 0 radical (unpaired) electrons. The lowest BCUT2D eigenvalue weighted by molar-refractivity contribution is 0.137. The molecule has 2 atom stereocenters. The van der Waals surface area contributed by atoms with E-state index in [1.54, 1.807) is 11.8 Å². The first-order chi connectivity index (χ1) is 7.65. The van der Waals surface area contributed by atoms with Crippen molar-refractivity contribution < 1.29 is 5.11 Å². The number of rotatable bonds is 2. The highest BCUT2D eigenvalue weighted by Gasteiger charge is 2.24. The zero-order chi connectivity index (χ0) is 11.5. The van der Waals surface area contributed by atoms with E-state index in [1.807, 2.05) is 19.9 Å². The van der Waals surface area contributed by atoms with Gasteiger partial charge in [0.2, 0.25) is 0 Å². The summed E-state index contributed by atoms with van der Waals surface area (Å²) in [6, 6.07) is 1.97. The highest BCUT2D eigenvalue weighted by Crippen LogP contribution is 2.32. The fraction of sp³-hybridized carbons (Fsp3) is 0.667. The normalized spacial score (nSPS) is 25.7. The lowest BCUT2D eigenvalue weighted by Gasteiger charge is -2.26. The van der Waals surface area contributed by atoms with E-state index in [-0.39, 0.29) is 11.4 Å². The van der Waals surface area contributed by atoms with Crippen molar-refractivity contribution in [3.05, 3.63) is 17.5 Å². The third-order valence-corrected chi connectivity index (χ3v) is 4.13. The summed E-state index contributed by atoms with van der Waals surface area (Å²) in [7, 11) is 0. The molecule has 0 saturated heterocycles. The maximum atomic E-state index is 9.89. The van der Waals surface area contributed by atoms with E-state index in [2.05, 4.69) is 9.97 Å². The number of hydrogen-bond donors (Lipinski definition) is 1. The van der Waals surface area contributed by atoms with Gasteiger partial charge in [0.25, 0.3) is 0 Å². The van der Waals surface area contributed by atoms with Crippen molar-refractivity contribution in [2.45, 2.75) is 56.0 Å². The van der Waals surface area contributed by atoms with Crippen molar-refractivity contribution in [1.29, 1.82) is 0 Å². The Hall–Kier alpha value is -0.610. The van der Waals surface area contributed by atoms with Crippen molar-refractivity contribution in [2.24, 2.45) is 0 Å². The molecule has 0 aliphatic heterocycles. The molecule has 3 nitrogen and oxygen atoms in total. The Morgan fingerprint density at radius 2 is 1.81 bits per heavy atom. The Balaban J connectivity index is 2.07. The van der Waals surface area contributed by atoms with Crippen LogP contribution < -0.4 is 0 Å². The van der Waals surface area contributed by atoms with Crippen molar-refractivity contribution in [3.63, 3.8) is 0 Å². The summed E-state index contributed by atoms with van der Waals surface area (Å²) in [5.41, 5.74) is 2.00. The minimum Gasteiger partial charge on any atom is -0.392 e. The van der Waals surface area contributed by atoms with Gasteiger partial charge in [0.05, 0.1) is 6.10 Å². The molecule has 2 rings (SSSR count). The van der Waals surface area contributed by atoms with Crippen LogP contribution in [0.3, 0.4) is 0 Å². The summed E-state index contributed by atoms with van der Waals surface area (Å²) in [6.07, 6.45) is 4.15. The average Bonchev–Trinajstić information content (AvgIpc) is 2.20. The third kappa shape index (κ3) is 2.95. The summed E-state index contributed by atoms with van der Waals surface area (Å²) in [4.78, 5) is 8.81. The molecule has 0 spiro atoms. The van der Waals surface area contributed by atoms with Crippen LogP contribution in [0.1, 0.15) is 37.1 Å². The zero-order valence-electron chi connectivity index (χ0n) is 9.81. The van der Waals surface area contributed by atoms with Crippen LogP contribution in [-0.4, -0.2) is 26.4 Å². The first-order valence-corrected chi connectivity index (χ1v) is 6.70. The molecule has 1 aliphatic rings. The van der Waals surface area contributed by atoms with Crippen LogP contribution in [0.5, 0.6) is 0 Å². The second kappa shape index (κ2) is 5.15. The van der Waals surface area contributed by atoms with Crippen LogP contribution in [-0.2, 0) is 0 Å². The number of aliphatic hydroxyl groups excluding tert-OH is 1. The number of hydrogen-bond acceptors (Lipinski definition) is 4. The Morgan fingerprint density at radius 1 is 1.19 bits per heavy atom. The summed E-state index contributed by atoms with van der Waals surface area (Å²) >= 11 is 1.63. The first-order valence-electron chi connectivity index (χ1n) is 5.82. The smallest absolute Gasteiger partial charge is 0.188 e. The number of aryl methyl sites for hydroxylation is 2. The molecule has 4 heteroatoms. The SMILES string of the molecule is Cc1cc(C)nc(S[C@H]2CCCC[C@H]2O)n1. The Bertz CT molecular complexity index is 350. The van der Waals surface area contributed by atoms with Gasteiger partial charge in [0.1, 0.15) is 0 Å². The van der Waals surface area contributed by atoms with Gasteiger partial charge in [0, 0.05) is 16.6 Å². The van der Waals surface area contributed by atoms with Gasteiger partial charge in [-0.05, 0) is 32.8 Å². The van der Waals surface area contributed by atoms with Gasteiger partial charge in [-0.25, -0.2) is 9.97 Å². The quantitative estimate of drug-likeness (QED) is 0.804. The van der Waals surface area contributed by atoms with Crippen molar-refractivity contribution in [2.75, 3.05) is 0 Å². The van der Waals surface area contributed by atoms with Gasteiger partial charge in [-0.2, -0.15) is 0 Å². The third-order valence-electron chi connectivity index (χ3n) is 2.89. The first kappa shape index (κ1) is 11.9. The molecular weight excluding hydrogens is 220 g/mol. The van der Waals surface area contributed by atoms with Gasteiger partial charge in [-0.3, -0.25) is 0 Å². The van der Waals surface area contributed by atoms with Gasteiger partial charge in [-0.1, -0.05) is 24.6 Å². The summed E-state index contributed by atoms with van der Waals surface area (Å²) < 4.78 is 0. The van der Waals surface area contributed by atoms with Crippen molar-refractivity contribution in [3.8, 4) is 0 Å². The number of aliphatic hydroxyl groups is 1. The van der Waals surface area contributed by atoms with Gasteiger partial charge in [-0.15, -0.1) is 0 Å². The zero-order valence-corrected chi connectivity index (χ0v) is 10.6. The molecule has 88 valence electrons. The molecule has 1 N–H and O–H groups in total. The molecule has 1 saturated carbocycles. The van der Waals surface area contributed by atoms with Crippen LogP contribution in [0, 0.1) is 13.8 Å². The Morgan fingerprint density at radius 3 is 2.44 bits per heavy atom. The molecule has 16 heavy (non-hydrogen) atoms. The maximum absolute atomic E-state index is 9.89. The van der Waals surface area contributed by atoms with E-state index in [9.17, 15) is 5.11 Å². The molecule has 1 aliphatic carbocycles. The van der Waals surface area contributed by atoms with Gasteiger partial charge < -0.3 is 5.11 Å². The predicted octanol–water partition coefficient (Wildman–Crippen LogP) is 2.49. The number of thioether (sulfide) groups is 1. The monoisotopic (exact) mass is 238 g/mol. The van der Waals surface area contributed by atoms with Crippen molar-refractivity contribution in [1.82, 2.24) is 9.97 Å². The Kier molecular flexibility index (Phi) is 3.82. The summed E-state index contributed by atoms with van der Waals surface area (Å²) in [6.45, 7) is 3.96. The fourth-order valence-corrected chi connectivity index (χ4v) is 3.34. The molecule has 0 bridgehead atoms. The Labute approximate surface area is 101 Å². The van der Waals surface area contributed by atoms with E-state index in [4.69, 9.17) is 0 Å². The van der Waals surface area contributed by atoms with Crippen molar-refractivity contribution >= 4 is 11.8 Å². The van der Waals surface area contributed by atoms with E-state index >= 15 is 0 Å². The average molecular weight is 238 g/mol. The highest BCUT2D eigenvalue weighted by atomic mass is 32.2. The van der Waals surface area contributed by atoms with Gasteiger partial charge in [0.15, 0.2) is 5.16 Å². The molecule has 0 unspecified atom stereocenters. The van der Waals surface area contributed by atoms with E-state index in [0.29, 0.717) is 0 Å². The fourth-order valence-electron chi connectivity index (χ4n) is 2.10. The minimum atomic E-state index is -0.192. The number of aromatic nitrogens is 2. The van der Waals surface area contributed by atoms with E-state index in [1.165, 1.54) is 6.42 Å². The second-order valence-electron chi connectivity index (χ2n) is 4.44. The standard InChI is InChI=1S/C12H18N2OS/c1-8-7-9(2)14-12(13-8)16-11-6-4-3-5-10(11)15/h7,10-11,15H,3-6H2,1-2H3/t10-,11+/m1/s1. The van der Waals surface area contributed by atoms with Crippen LogP contribution >= 0.6 is 11.8 Å². The molecular formula is C12H18N2OS. The topological polar surface area (TPSA) is 46.0 Å². The van der Waals surface area contributed by atoms with Crippen LogP contribution in [0.4, 0.5) is 0 Å². The van der Waals surface area contributed by atoms with Crippen LogP contribution in [0.15, 0.2) is 11.2 Å². The lowest BCUT2D eigenvalue weighted by atomic mass is 9.97. The van der Waals surface area contributed by atoms with Crippen LogP contribution in [0.25, 0.3) is 0 Å². The lowest BCUT2D eigenvalue weighted by Crippen LogP contribution is -2.27. The maximum Gasteiger partial charge on any atom is 0.188 e. The highest BCUT2D eigenvalue weighted by molar-refractivity contribution is 7.99. The minimum absolute atomic E-state index is 0.192. The largest absolute Gasteiger partial charge is 0.392 e. The molecule has 1 aromatic heterocycles. The molecule has 0 aromatic carbocycles. The summed E-state index contributed by atoms with van der Waals surface area (Å²) in [5.74, 6) is 0. The second-order valence-corrected chi connectivity index (χ2v) is 5.65. The molecule has 1 fully saturated rings. The summed E-state index contributed by atoms with van der Waals surface area (Å²) in [5, 5.41) is 11.0. The van der Waals surface area contributed by atoms with E-state index in [0.717, 1.165) is 35.8 Å². The predicted molar refractivity (Wildman–Crippen MR) is 65.6 cm³/mol. The molecule has 1 heterocycles. The van der Waals surface area contributed by atoms with Gasteiger partial charge >= 0.3 is 0 Å². The number of nitrogens with zero attached hydrogens (tertiary/aromatic N) is 2. The molecule has 1 aromatic rings. The molecule has 0 amide bonds. The van der Waals surface area contributed by atoms with E-state index < -0.39 is 0 Å².